The van der Waals surface area contributed by atoms with Crippen LogP contribution < -0.4 is 11.1 Å². The molecule has 3 N–H and O–H groups in total. The van der Waals surface area contributed by atoms with E-state index in [9.17, 15) is 0 Å². The van der Waals surface area contributed by atoms with Crippen molar-refractivity contribution in [2.75, 3.05) is 5.32 Å². The molecule has 1 atom stereocenters. The summed E-state index contributed by atoms with van der Waals surface area (Å²) < 4.78 is 6.06. The number of nitrogens with zero attached hydrogens (tertiary/aromatic N) is 2. The minimum absolute atomic E-state index is 0.278. The van der Waals surface area contributed by atoms with E-state index in [0.29, 0.717) is 10.9 Å². The third-order valence-corrected chi connectivity index (χ3v) is 3.42. The number of hydrogen-bond donors (Lipinski definition) is 2. The number of benzene rings is 1. The van der Waals surface area contributed by atoms with Crippen molar-refractivity contribution >= 4 is 39.2 Å². The van der Waals surface area contributed by atoms with Gasteiger partial charge in [0.25, 0.3) is 0 Å². The highest BCUT2D eigenvalue weighted by Gasteiger charge is 2.11. The van der Waals surface area contributed by atoms with E-state index < -0.39 is 0 Å². The number of rotatable bonds is 3. The summed E-state index contributed by atoms with van der Waals surface area (Å²) in [5.41, 5.74) is 6.37. The van der Waals surface area contributed by atoms with Crippen LogP contribution in [0, 0.1) is 0 Å². The lowest BCUT2D eigenvalue weighted by molar-refractivity contribution is 0.475. The molecule has 1 heterocycles. The van der Waals surface area contributed by atoms with Crippen molar-refractivity contribution in [2.24, 2.45) is 5.73 Å². The Labute approximate surface area is 111 Å². The molecule has 0 fully saturated rings. The Kier molecular flexibility index (Phi) is 3.66. The Morgan fingerprint density at radius 1 is 1.47 bits per heavy atom. The predicted octanol–water partition coefficient (Wildman–Crippen LogP) is 3.25. The van der Waals surface area contributed by atoms with Crippen LogP contribution in [0.4, 0.5) is 11.7 Å². The van der Waals surface area contributed by atoms with Crippen molar-refractivity contribution in [1.29, 1.82) is 0 Å². The van der Waals surface area contributed by atoms with Crippen molar-refractivity contribution in [3.63, 3.8) is 0 Å². The molecule has 0 spiro atoms. The third-order valence-electron chi connectivity index (χ3n) is 2.02. The molecule has 0 aliphatic rings. The van der Waals surface area contributed by atoms with Gasteiger partial charge in [-0.3, -0.25) is 0 Å². The first-order valence-corrected chi connectivity index (χ1v) is 6.05. The molecule has 2 aromatic rings. The summed E-state index contributed by atoms with van der Waals surface area (Å²) in [6.07, 6.45) is 0. The monoisotopic (exact) mass is 316 g/mol. The smallest absolute Gasteiger partial charge is 0.320 e. The lowest BCUT2D eigenvalue weighted by Crippen LogP contribution is -2.04. The molecule has 7 heteroatoms. The van der Waals surface area contributed by atoms with Gasteiger partial charge in [-0.15, -0.1) is 5.10 Å². The predicted molar refractivity (Wildman–Crippen MR) is 69.3 cm³/mol. The third kappa shape index (κ3) is 2.77. The summed E-state index contributed by atoms with van der Waals surface area (Å²) in [6.45, 7) is 1.77. The molecule has 0 aliphatic carbocycles. The van der Waals surface area contributed by atoms with Crippen LogP contribution in [-0.4, -0.2) is 10.2 Å². The standard InChI is InChI=1S/C10H10BrClN4O/c1-5(13)9-15-16-10(17-9)14-7-4-2-3-6(12)8(7)11/h2-5H,13H2,1H3,(H,14,16). The summed E-state index contributed by atoms with van der Waals surface area (Å²) in [5, 5.41) is 11.2. The molecule has 1 unspecified atom stereocenters. The minimum Gasteiger partial charge on any atom is -0.406 e. The number of halogens is 2. The highest BCUT2D eigenvalue weighted by Crippen LogP contribution is 2.31. The van der Waals surface area contributed by atoms with Gasteiger partial charge in [-0.1, -0.05) is 22.8 Å². The van der Waals surface area contributed by atoms with Gasteiger partial charge < -0.3 is 15.5 Å². The summed E-state index contributed by atoms with van der Waals surface area (Å²) >= 11 is 9.33. The molecule has 0 amide bonds. The van der Waals surface area contributed by atoms with Gasteiger partial charge in [-0.2, -0.15) is 0 Å². The quantitative estimate of drug-likeness (QED) is 0.908. The fraction of sp³-hybridized carbons (Fsp3) is 0.200. The average molecular weight is 318 g/mol. The van der Waals surface area contributed by atoms with Crippen molar-refractivity contribution in [1.82, 2.24) is 10.2 Å². The van der Waals surface area contributed by atoms with Gasteiger partial charge in [-0.05, 0) is 35.0 Å². The van der Waals surface area contributed by atoms with Gasteiger partial charge in [0.1, 0.15) is 0 Å². The minimum atomic E-state index is -0.291. The van der Waals surface area contributed by atoms with Crippen molar-refractivity contribution in [3.8, 4) is 0 Å². The van der Waals surface area contributed by atoms with E-state index in [2.05, 4.69) is 31.4 Å². The van der Waals surface area contributed by atoms with Crippen LogP contribution in [0.1, 0.15) is 18.9 Å². The second-order valence-corrected chi connectivity index (χ2v) is 4.66. The van der Waals surface area contributed by atoms with Crippen LogP contribution in [0.3, 0.4) is 0 Å². The first-order valence-electron chi connectivity index (χ1n) is 4.88. The van der Waals surface area contributed by atoms with Crippen molar-refractivity contribution < 1.29 is 4.42 Å². The van der Waals surface area contributed by atoms with Crippen LogP contribution in [0.15, 0.2) is 27.1 Å². The molecular weight excluding hydrogens is 307 g/mol. The van der Waals surface area contributed by atoms with E-state index >= 15 is 0 Å². The molecule has 0 saturated carbocycles. The Balaban J connectivity index is 2.22. The van der Waals surface area contributed by atoms with E-state index in [1.165, 1.54) is 0 Å². The number of hydrogen-bond acceptors (Lipinski definition) is 5. The van der Waals surface area contributed by atoms with Gasteiger partial charge in [0, 0.05) is 0 Å². The Morgan fingerprint density at radius 2 is 2.24 bits per heavy atom. The van der Waals surface area contributed by atoms with E-state index in [1.54, 1.807) is 13.0 Å². The van der Waals surface area contributed by atoms with Crippen LogP contribution in [0.25, 0.3) is 0 Å². The van der Waals surface area contributed by atoms with Crippen LogP contribution in [0.5, 0.6) is 0 Å². The maximum absolute atomic E-state index is 5.96. The van der Waals surface area contributed by atoms with E-state index in [-0.39, 0.29) is 12.1 Å². The van der Waals surface area contributed by atoms with E-state index in [4.69, 9.17) is 21.8 Å². The molecule has 0 aliphatic heterocycles. The number of aromatic nitrogens is 2. The van der Waals surface area contributed by atoms with Gasteiger partial charge in [-0.25, -0.2) is 0 Å². The topological polar surface area (TPSA) is 77.0 Å². The average Bonchev–Trinajstić information content (AvgIpc) is 2.73. The second-order valence-electron chi connectivity index (χ2n) is 3.46. The summed E-state index contributed by atoms with van der Waals surface area (Å²) in [7, 11) is 0. The highest BCUT2D eigenvalue weighted by molar-refractivity contribution is 9.10. The molecule has 17 heavy (non-hydrogen) atoms. The first-order chi connectivity index (χ1) is 8.08. The Morgan fingerprint density at radius 3 is 2.88 bits per heavy atom. The van der Waals surface area contributed by atoms with Crippen LogP contribution in [-0.2, 0) is 0 Å². The largest absolute Gasteiger partial charge is 0.406 e. The molecule has 0 bridgehead atoms. The number of anilines is 2. The Hall–Kier alpha value is -1.11. The van der Waals surface area contributed by atoms with Gasteiger partial charge in [0.15, 0.2) is 0 Å². The highest BCUT2D eigenvalue weighted by atomic mass is 79.9. The molecule has 0 radical (unpaired) electrons. The number of nitrogens with one attached hydrogen (secondary N) is 1. The normalized spacial score (nSPS) is 12.5. The SMILES string of the molecule is CC(N)c1nnc(Nc2cccc(Cl)c2Br)o1. The zero-order valence-corrected chi connectivity index (χ0v) is 11.3. The van der Waals surface area contributed by atoms with Crippen molar-refractivity contribution in [3.05, 3.63) is 33.6 Å². The fourth-order valence-corrected chi connectivity index (χ4v) is 1.72. The van der Waals surface area contributed by atoms with Gasteiger partial charge >= 0.3 is 6.01 Å². The summed E-state index contributed by atoms with van der Waals surface area (Å²) in [6, 6.07) is 5.42. The van der Waals surface area contributed by atoms with E-state index in [1.807, 2.05) is 12.1 Å². The van der Waals surface area contributed by atoms with Crippen LogP contribution in [0.2, 0.25) is 5.02 Å². The molecule has 5 nitrogen and oxygen atoms in total. The first kappa shape index (κ1) is 12.3. The lowest BCUT2D eigenvalue weighted by Gasteiger charge is -2.05. The van der Waals surface area contributed by atoms with Gasteiger partial charge in [0.05, 0.1) is 21.2 Å². The van der Waals surface area contributed by atoms with E-state index in [0.717, 1.165) is 10.2 Å². The maximum atomic E-state index is 5.96. The summed E-state index contributed by atoms with van der Waals surface area (Å²) in [5.74, 6) is 0.380. The lowest BCUT2D eigenvalue weighted by atomic mass is 10.3. The maximum Gasteiger partial charge on any atom is 0.320 e. The fourth-order valence-electron chi connectivity index (χ4n) is 1.18. The molecule has 90 valence electrons. The number of nitrogens with two attached hydrogens (primary N) is 1. The molecule has 2 rings (SSSR count). The van der Waals surface area contributed by atoms with Crippen molar-refractivity contribution in [2.45, 2.75) is 13.0 Å². The molecular formula is C10H10BrClN4O. The van der Waals surface area contributed by atoms with Gasteiger partial charge in [0.2, 0.25) is 5.89 Å². The summed E-state index contributed by atoms with van der Waals surface area (Å²) in [4.78, 5) is 0. The zero-order valence-electron chi connectivity index (χ0n) is 8.95. The Bertz CT molecular complexity index is 529. The molecule has 0 saturated heterocycles. The second kappa shape index (κ2) is 5.03. The molecule has 1 aromatic heterocycles. The molecule has 1 aromatic carbocycles. The zero-order chi connectivity index (χ0) is 12.4. The van der Waals surface area contributed by atoms with Crippen LogP contribution >= 0.6 is 27.5 Å².